The molecule has 21 heavy (non-hydrogen) atoms. The van der Waals surface area contributed by atoms with Crippen molar-refractivity contribution in [3.05, 3.63) is 29.8 Å². The Hall–Kier alpha value is -1.59. The minimum absolute atomic E-state index is 0.000716. The zero-order chi connectivity index (χ0) is 15.2. The number of methoxy groups -OCH3 is 1. The monoisotopic (exact) mass is 293 g/mol. The second-order valence-electron chi connectivity index (χ2n) is 5.28. The number of carbonyl (C=O) groups is 1. The number of rotatable bonds is 7. The highest BCUT2D eigenvalue weighted by Crippen LogP contribution is 2.34. The first-order valence-electron chi connectivity index (χ1n) is 7.32. The van der Waals surface area contributed by atoms with Gasteiger partial charge in [0.1, 0.15) is 5.75 Å². The van der Waals surface area contributed by atoms with Gasteiger partial charge in [0.2, 0.25) is 0 Å². The van der Waals surface area contributed by atoms with Crippen LogP contribution in [0.15, 0.2) is 24.3 Å². The average molecular weight is 293 g/mol. The van der Waals surface area contributed by atoms with Gasteiger partial charge in [0.05, 0.1) is 19.6 Å². The van der Waals surface area contributed by atoms with E-state index in [1.165, 1.54) is 0 Å². The van der Waals surface area contributed by atoms with Crippen LogP contribution in [-0.4, -0.2) is 55.9 Å². The van der Waals surface area contributed by atoms with E-state index in [1.54, 1.807) is 7.11 Å². The van der Waals surface area contributed by atoms with Crippen LogP contribution in [-0.2, 0) is 9.53 Å². The minimum Gasteiger partial charge on any atom is -0.497 e. The van der Waals surface area contributed by atoms with Crippen LogP contribution in [0, 0.1) is 5.92 Å². The first-order chi connectivity index (χ1) is 10.2. The number of carboxylic acid groups (broad SMARTS) is 1. The van der Waals surface area contributed by atoms with Crippen molar-refractivity contribution in [3.63, 3.8) is 0 Å². The van der Waals surface area contributed by atoms with Crippen molar-refractivity contribution in [2.24, 2.45) is 5.92 Å². The second-order valence-corrected chi connectivity index (χ2v) is 5.28. The Balaban J connectivity index is 2.10. The number of carboxylic acids is 1. The fourth-order valence-electron chi connectivity index (χ4n) is 2.87. The zero-order valence-electron chi connectivity index (χ0n) is 12.6. The molecule has 1 fully saturated rings. The van der Waals surface area contributed by atoms with Crippen molar-refractivity contribution in [2.75, 3.05) is 40.0 Å². The quantitative estimate of drug-likeness (QED) is 0.777. The highest BCUT2D eigenvalue weighted by atomic mass is 16.5. The maximum Gasteiger partial charge on any atom is 0.308 e. The number of benzene rings is 1. The standard InChI is InChI=1S/C16H23NO4/c1-3-21-8-7-17-10-14(15(11-17)16(18)19)12-5-4-6-13(9-12)20-2/h4-6,9,14-15H,3,7-8,10-11H2,1-2H3,(H,18,19). The molecule has 1 N–H and O–H groups in total. The second kappa shape index (κ2) is 7.43. The van der Waals surface area contributed by atoms with Gasteiger partial charge in [0, 0.05) is 32.2 Å². The smallest absolute Gasteiger partial charge is 0.308 e. The first-order valence-corrected chi connectivity index (χ1v) is 7.32. The van der Waals surface area contributed by atoms with Gasteiger partial charge in [-0.1, -0.05) is 12.1 Å². The number of hydrogen-bond acceptors (Lipinski definition) is 4. The molecule has 0 spiro atoms. The van der Waals surface area contributed by atoms with Crippen molar-refractivity contribution in [3.8, 4) is 5.75 Å². The van der Waals surface area contributed by atoms with E-state index in [-0.39, 0.29) is 11.8 Å². The highest BCUT2D eigenvalue weighted by Gasteiger charge is 2.38. The van der Waals surface area contributed by atoms with Gasteiger partial charge in [-0.25, -0.2) is 0 Å². The Morgan fingerprint density at radius 1 is 1.43 bits per heavy atom. The van der Waals surface area contributed by atoms with E-state index in [2.05, 4.69) is 4.90 Å². The van der Waals surface area contributed by atoms with Crippen LogP contribution in [0.25, 0.3) is 0 Å². The number of ether oxygens (including phenoxy) is 2. The van der Waals surface area contributed by atoms with Crippen molar-refractivity contribution in [1.82, 2.24) is 4.90 Å². The SMILES string of the molecule is CCOCCN1CC(C(=O)O)C(c2cccc(OC)c2)C1. The number of hydrogen-bond donors (Lipinski definition) is 1. The molecule has 5 heteroatoms. The third kappa shape index (κ3) is 3.95. The van der Waals surface area contributed by atoms with Crippen LogP contribution in [0.4, 0.5) is 0 Å². The van der Waals surface area contributed by atoms with E-state index in [0.717, 1.165) is 24.4 Å². The maximum absolute atomic E-state index is 11.5. The molecule has 0 aromatic heterocycles. The fraction of sp³-hybridized carbons (Fsp3) is 0.562. The lowest BCUT2D eigenvalue weighted by molar-refractivity contribution is -0.141. The predicted octanol–water partition coefficient (Wildman–Crippen LogP) is 1.83. The van der Waals surface area contributed by atoms with Crippen LogP contribution < -0.4 is 4.74 Å². The van der Waals surface area contributed by atoms with Crippen molar-refractivity contribution < 1.29 is 19.4 Å². The van der Waals surface area contributed by atoms with Crippen LogP contribution in [0.5, 0.6) is 5.75 Å². The lowest BCUT2D eigenvalue weighted by atomic mass is 9.89. The topological polar surface area (TPSA) is 59.0 Å². The molecule has 1 saturated heterocycles. The Bertz CT molecular complexity index is 477. The van der Waals surface area contributed by atoms with E-state index in [1.807, 2.05) is 31.2 Å². The first kappa shape index (κ1) is 15.8. The average Bonchev–Trinajstić information content (AvgIpc) is 2.92. The summed E-state index contributed by atoms with van der Waals surface area (Å²) in [6, 6.07) is 7.71. The number of nitrogens with zero attached hydrogens (tertiary/aromatic N) is 1. The fourth-order valence-corrected chi connectivity index (χ4v) is 2.87. The normalized spacial score (nSPS) is 22.4. The van der Waals surface area contributed by atoms with Crippen LogP contribution in [0.1, 0.15) is 18.4 Å². The molecule has 116 valence electrons. The van der Waals surface area contributed by atoms with Crippen LogP contribution >= 0.6 is 0 Å². The van der Waals surface area contributed by atoms with Gasteiger partial charge in [0.25, 0.3) is 0 Å². The van der Waals surface area contributed by atoms with Gasteiger partial charge < -0.3 is 14.6 Å². The molecule has 0 bridgehead atoms. The van der Waals surface area contributed by atoms with Gasteiger partial charge in [-0.2, -0.15) is 0 Å². The third-order valence-corrected chi connectivity index (χ3v) is 3.99. The van der Waals surface area contributed by atoms with Gasteiger partial charge in [-0.15, -0.1) is 0 Å². The third-order valence-electron chi connectivity index (χ3n) is 3.99. The molecule has 5 nitrogen and oxygen atoms in total. The zero-order valence-corrected chi connectivity index (χ0v) is 12.6. The summed E-state index contributed by atoms with van der Waals surface area (Å²) in [5.41, 5.74) is 1.03. The Labute approximate surface area is 125 Å². The predicted molar refractivity (Wildman–Crippen MR) is 79.8 cm³/mol. The molecular formula is C16H23NO4. The Morgan fingerprint density at radius 3 is 2.90 bits per heavy atom. The summed E-state index contributed by atoms with van der Waals surface area (Å²) in [5, 5.41) is 9.47. The number of aliphatic carboxylic acids is 1. The molecule has 1 aromatic rings. The summed E-state index contributed by atoms with van der Waals surface area (Å²) < 4.78 is 10.6. The largest absolute Gasteiger partial charge is 0.497 e. The summed E-state index contributed by atoms with van der Waals surface area (Å²) in [6.07, 6.45) is 0. The summed E-state index contributed by atoms with van der Waals surface area (Å²) in [7, 11) is 1.62. The molecule has 1 aliphatic rings. The molecule has 0 radical (unpaired) electrons. The summed E-state index contributed by atoms with van der Waals surface area (Å²) in [6.45, 7) is 5.39. The summed E-state index contributed by atoms with van der Waals surface area (Å²) in [5.74, 6) is -0.343. The van der Waals surface area contributed by atoms with E-state index in [4.69, 9.17) is 9.47 Å². The molecular weight excluding hydrogens is 270 g/mol. The maximum atomic E-state index is 11.5. The van der Waals surface area contributed by atoms with Gasteiger partial charge in [0.15, 0.2) is 0 Å². The molecule has 2 rings (SSSR count). The summed E-state index contributed by atoms with van der Waals surface area (Å²) in [4.78, 5) is 13.7. The molecule has 2 unspecified atom stereocenters. The summed E-state index contributed by atoms with van der Waals surface area (Å²) >= 11 is 0. The lowest BCUT2D eigenvalue weighted by Gasteiger charge is -2.16. The Kier molecular flexibility index (Phi) is 5.59. The van der Waals surface area contributed by atoms with Gasteiger partial charge in [-0.3, -0.25) is 9.69 Å². The molecule has 2 atom stereocenters. The highest BCUT2D eigenvalue weighted by molar-refractivity contribution is 5.72. The molecule has 0 aliphatic carbocycles. The van der Waals surface area contributed by atoms with E-state index < -0.39 is 5.97 Å². The van der Waals surface area contributed by atoms with Crippen molar-refractivity contribution in [2.45, 2.75) is 12.8 Å². The molecule has 1 heterocycles. The molecule has 1 aliphatic heterocycles. The molecule has 1 aromatic carbocycles. The minimum atomic E-state index is -0.735. The van der Waals surface area contributed by atoms with Crippen molar-refractivity contribution >= 4 is 5.97 Å². The van der Waals surface area contributed by atoms with E-state index in [9.17, 15) is 9.90 Å². The lowest BCUT2D eigenvalue weighted by Crippen LogP contribution is -2.26. The van der Waals surface area contributed by atoms with Gasteiger partial charge >= 0.3 is 5.97 Å². The van der Waals surface area contributed by atoms with Gasteiger partial charge in [-0.05, 0) is 24.6 Å². The van der Waals surface area contributed by atoms with Crippen LogP contribution in [0.2, 0.25) is 0 Å². The molecule has 0 saturated carbocycles. The Morgan fingerprint density at radius 2 is 2.24 bits per heavy atom. The van der Waals surface area contributed by atoms with E-state index >= 15 is 0 Å². The number of likely N-dealkylation sites (tertiary alicyclic amines) is 1. The molecule has 0 amide bonds. The van der Waals surface area contributed by atoms with E-state index in [0.29, 0.717) is 19.8 Å². The van der Waals surface area contributed by atoms with Crippen LogP contribution in [0.3, 0.4) is 0 Å². The van der Waals surface area contributed by atoms with Crippen molar-refractivity contribution in [1.29, 1.82) is 0 Å².